The molecule has 1 amide bonds. The first-order chi connectivity index (χ1) is 12.5. The molecule has 2 heterocycles. The van der Waals surface area contributed by atoms with Crippen molar-refractivity contribution in [2.75, 3.05) is 20.8 Å². The predicted molar refractivity (Wildman–Crippen MR) is 89.1 cm³/mol. The molecule has 0 N–H and O–H groups in total. The summed E-state index contributed by atoms with van der Waals surface area (Å²) in [5.74, 6) is -0.822. The molecule has 8 nitrogen and oxygen atoms in total. The van der Waals surface area contributed by atoms with Crippen molar-refractivity contribution < 1.29 is 24.2 Å². The maximum Gasteiger partial charge on any atom is 0.275 e. The van der Waals surface area contributed by atoms with Crippen LogP contribution in [0.25, 0.3) is 0 Å². The number of hydrogen-bond acceptors (Lipinski definition) is 7. The molecule has 0 saturated heterocycles. The van der Waals surface area contributed by atoms with E-state index >= 15 is 0 Å². The van der Waals surface area contributed by atoms with Crippen LogP contribution in [0, 0.1) is 0 Å². The second-order valence-corrected chi connectivity index (χ2v) is 5.87. The van der Waals surface area contributed by atoms with E-state index in [-0.39, 0.29) is 11.7 Å². The average Bonchev–Trinajstić information content (AvgIpc) is 2.66. The number of carboxylic acids is 1. The summed E-state index contributed by atoms with van der Waals surface area (Å²) < 4.78 is 10.7. The van der Waals surface area contributed by atoms with Crippen molar-refractivity contribution in [3.8, 4) is 11.5 Å². The topological polar surface area (TPSA) is 105 Å². The van der Waals surface area contributed by atoms with Crippen LogP contribution in [0.2, 0.25) is 0 Å². The number of aromatic nitrogens is 2. The zero-order chi connectivity index (χ0) is 18.8. The molecule has 8 heteroatoms. The van der Waals surface area contributed by atoms with Crippen molar-refractivity contribution in [2.45, 2.75) is 19.4 Å². The Hall–Kier alpha value is -3.16. The Balaban J connectivity index is 1.98. The minimum atomic E-state index is -1.53. The van der Waals surface area contributed by atoms with Crippen LogP contribution < -0.4 is 14.6 Å². The Bertz CT molecular complexity index is 868. The van der Waals surface area contributed by atoms with Crippen LogP contribution in [0.15, 0.2) is 24.5 Å². The number of benzene rings is 1. The molecule has 1 aliphatic rings. The molecule has 3 rings (SSSR count). The summed E-state index contributed by atoms with van der Waals surface area (Å²) in [6.07, 6.45) is 3.11. The van der Waals surface area contributed by atoms with Crippen LogP contribution in [-0.2, 0) is 6.42 Å². The van der Waals surface area contributed by atoms with E-state index < -0.39 is 17.6 Å². The van der Waals surface area contributed by atoms with Gasteiger partial charge in [0.15, 0.2) is 17.2 Å². The van der Waals surface area contributed by atoms with E-state index in [0.29, 0.717) is 24.5 Å². The SMILES string of the molecule is COc1cc2c(cc1OC)[C@H](C)N(C(=O)c1nccnc1C(=O)[O-])CC2. The first-order valence-corrected chi connectivity index (χ1v) is 8.06. The van der Waals surface area contributed by atoms with E-state index in [9.17, 15) is 14.7 Å². The van der Waals surface area contributed by atoms with Crippen LogP contribution >= 0.6 is 0 Å². The van der Waals surface area contributed by atoms with Gasteiger partial charge in [-0.25, -0.2) is 4.98 Å². The monoisotopic (exact) mass is 356 g/mol. The summed E-state index contributed by atoms with van der Waals surface area (Å²) in [4.78, 5) is 33.3. The number of rotatable bonds is 4. The highest BCUT2D eigenvalue weighted by atomic mass is 16.5. The molecule has 0 fully saturated rings. The lowest BCUT2D eigenvalue weighted by Crippen LogP contribution is -2.40. The highest BCUT2D eigenvalue weighted by molar-refractivity contribution is 6.01. The van der Waals surface area contributed by atoms with Gasteiger partial charge in [0.25, 0.3) is 5.91 Å². The third-order valence-electron chi connectivity index (χ3n) is 4.54. The predicted octanol–water partition coefficient (Wildman–Crippen LogP) is 0.617. The Morgan fingerprint density at radius 1 is 1.12 bits per heavy atom. The van der Waals surface area contributed by atoms with Gasteiger partial charge in [0.2, 0.25) is 0 Å². The Kier molecular flexibility index (Phi) is 4.75. The second kappa shape index (κ2) is 6.99. The van der Waals surface area contributed by atoms with Crippen LogP contribution in [0.3, 0.4) is 0 Å². The average molecular weight is 356 g/mol. The third-order valence-corrected chi connectivity index (χ3v) is 4.54. The van der Waals surface area contributed by atoms with Crippen LogP contribution in [0.1, 0.15) is 45.1 Å². The molecule has 1 aromatic heterocycles. The van der Waals surface area contributed by atoms with E-state index in [0.717, 1.165) is 11.1 Å². The lowest BCUT2D eigenvalue weighted by Gasteiger charge is -2.35. The van der Waals surface area contributed by atoms with Crippen molar-refractivity contribution >= 4 is 11.9 Å². The minimum absolute atomic E-state index is 0.219. The highest BCUT2D eigenvalue weighted by Gasteiger charge is 2.31. The number of carbonyl (C=O) groups excluding carboxylic acids is 2. The molecule has 0 aliphatic carbocycles. The lowest BCUT2D eigenvalue weighted by atomic mass is 9.92. The van der Waals surface area contributed by atoms with E-state index in [2.05, 4.69) is 9.97 Å². The fraction of sp³-hybridized carbons (Fsp3) is 0.333. The number of hydrogen-bond donors (Lipinski definition) is 0. The molecule has 0 spiro atoms. The van der Waals surface area contributed by atoms with Gasteiger partial charge >= 0.3 is 0 Å². The van der Waals surface area contributed by atoms with Crippen molar-refractivity contribution in [1.29, 1.82) is 0 Å². The standard InChI is InChI=1S/C18H19N3O5/c1-10-12-9-14(26-3)13(25-2)8-11(12)4-7-21(10)17(22)15-16(18(23)24)20-6-5-19-15/h5-6,8-10H,4,7H2,1-3H3,(H,23,24)/p-1/t10-/m0/s1. The molecule has 0 saturated carbocycles. The number of methoxy groups -OCH3 is 2. The molecule has 26 heavy (non-hydrogen) atoms. The van der Waals surface area contributed by atoms with E-state index in [4.69, 9.17) is 9.47 Å². The molecule has 1 atom stereocenters. The van der Waals surface area contributed by atoms with Crippen molar-refractivity contribution in [3.63, 3.8) is 0 Å². The van der Waals surface area contributed by atoms with Crippen LogP contribution in [0.5, 0.6) is 11.5 Å². The van der Waals surface area contributed by atoms with Crippen LogP contribution in [0.4, 0.5) is 0 Å². The number of aromatic carboxylic acids is 1. The molecule has 2 aromatic rings. The smallest absolute Gasteiger partial charge is 0.275 e. The largest absolute Gasteiger partial charge is 0.543 e. The number of carbonyl (C=O) groups is 2. The maximum atomic E-state index is 12.9. The molecular weight excluding hydrogens is 338 g/mol. The normalized spacial score (nSPS) is 16.0. The maximum absolute atomic E-state index is 12.9. The number of fused-ring (bicyclic) bond motifs is 1. The Morgan fingerprint density at radius 2 is 1.73 bits per heavy atom. The number of ether oxygens (including phenoxy) is 2. The van der Waals surface area contributed by atoms with Gasteiger partial charge in [-0.15, -0.1) is 0 Å². The summed E-state index contributed by atoms with van der Waals surface area (Å²) >= 11 is 0. The van der Waals surface area contributed by atoms with Gasteiger partial charge in [-0.2, -0.15) is 0 Å². The fourth-order valence-electron chi connectivity index (χ4n) is 3.20. The van der Waals surface area contributed by atoms with E-state index in [1.165, 1.54) is 12.4 Å². The summed E-state index contributed by atoms with van der Waals surface area (Å²) in [6.45, 7) is 2.29. The van der Waals surface area contributed by atoms with Crippen LogP contribution in [-0.4, -0.2) is 47.5 Å². The second-order valence-electron chi connectivity index (χ2n) is 5.87. The first kappa shape index (κ1) is 17.7. The summed E-state index contributed by atoms with van der Waals surface area (Å²) in [5.41, 5.74) is 1.30. The molecule has 1 aliphatic heterocycles. The quantitative estimate of drug-likeness (QED) is 0.790. The van der Waals surface area contributed by atoms with Crippen molar-refractivity contribution in [3.05, 3.63) is 47.0 Å². The van der Waals surface area contributed by atoms with E-state index in [1.54, 1.807) is 19.1 Å². The fourth-order valence-corrected chi connectivity index (χ4v) is 3.20. The van der Waals surface area contributed by atoms with Gasteiger partial charge in [0, 0.05) is 18.9 Å². The summed E-state index contributed by atoms with van der Waals surface area (Å²) in [7, 11) is 3.12. The number of carboxylic acid groups (broad SMARTS) is 1. The molecule has 0 radical (unpaired) electrons. The summed E-state index contributed by atoms with van der Waals surface area (Å²) in [5, 5.41) is 11.2. The van der Waals surface area contributed by atoms with Gasteiger partial charge in [0.1, 0.15) is 5.69 Å². The zero-order valence-corrected chi connectivity index (χ0v) is 14.7. The molecule has 1 aromatic carbocycles. The first-order valence-electron chi connectivity index (χ1n) is 8.06. The Morgan fingerprint density at radius 3 is 2.35 bits per heavy atom. The van der Waals surface area contributed by atoms with Gasteiger partial charge in [0.05, 0.1) is 26.2 Å². The number of nitrogens with zero attached hydrogens (tertiary/aromatic N) is 3. The van der Waals surface area contributed by atoms with Crippen molar-refractivity contribution in [2.24, 2.45) is 0 Å². The molecular formula is C18H18N3O5-. The Labute approximate surface area is 150 Å². The zero-order valence-electron chi connectivity index (χ0n) is 14.7. The van der Waals surface area contributed by atoms with Gasteiger partial charge in [-0.1, -0.05) is 0 Å². The van der Waals surface area contributed by atoms with Crippen molar-refractivity contribution in [1.82, 2.24) is 14.9 Å². The highest BCUT2D eigenvalue weighted by Crippen LogP contribution is 2.38. The third kappa shape index (κ3) is 2.94. The minimum Gasteiger partial charge on any atom is -0.543 e. The number of amides is 1. The molecule has 0 bridgehead atoms. The van der Waals surface area contributed by atoms with Gasteiger partial charge in [-0.3, -0.25) is 9.78 Å². The lowest BCUT2D eigenvalue weighted by molar-refractivity contribution is -0.255. The molecule has 136 valence electrons. The summed E-state index contributed by atoms with van der Waals surface area (Å²) in [6, 6.07) is 3.46. The van der Waals surface area contributed by atoms with Gasteiger partial charge in [-0.05, 0) is 36.6 Å². The van der Waals surface area contributed by atoms with Gasteiger partial charge < -0.3 is 24.3 Å². The van der Waals surface area contributed by atoms with E-state index in [1.807, 2.05) is 19.1 Å². The molecule has 0 unspecified atom stereocenters.